The Balaban J connectivity index is 2.61. The Morgan fingerprint density at radius 1 is 1.18 bits per heavy atom. The second-order valence-electron chi connectivity index (χ2n) is 5.78. The smallest absolute Gasteiger partial charge is 0.407 e. The number of alkyl carbamates (subject to hydrolysis) is 1. The Morgan fingerprint density at radius 2 is 1.77 bits per heavy atom. The van der Waals surface area contributed by atoms with Crippen LogP contribution in [0.5, 0.6) is 0 Å². The average molecular weight is 305 g/mol. The van der Waals surface area contributed by atoms with Crippen molar-refractivity contribution in [3.63, 3.8) is 0 Å². The second kappa shape index (κ2) is 7.44. The number of nitrogens with two attached hydrogens (primary N) is 2. The highest BCUT2D eigenvalue weighted by molar-refractivity contribution is 5.97. The number of rotatable bonds is 4. The molecule has 0 aromatic heterocycles. The van der Waals surface area contributed by atoms with Crippen molar-refractivity contribution in [1.82, 2.24) is 5.32 Å². The topological polar surface area (TPSA) is 115 Å². The largest absolute Gasteiger partial charge is 0.444 e. The van der Waals surface area contributed by atoms with E-state index in [1.54, 1.807) is 19.1 Å². The van der Waals surface area contributed by atoms with Crippen LogP contribution in [0.2, 0.25) is 0 Å². The lowest BCUT2D eigenvalue weighted by Gasteiger charge is -2.19. The van der Waals surface area contributed by atoms with Gasteiger partial charge in [0.15, 0.2) is 5.84 Å². The quantitative estimate of drug-likeness (QED) is 0.446. The van der Waals surface area contributed by atoms with Crippen LogP contribution in [0.3, 0.4) is 0 Å². The van der Waals surface area contributed by atoms with E-state index in [1.807, 2.05) is 32.9 Å². The number of nitrogens with one attached hydrogen (secondary N) is 1. The number of hydrogen-bond acceptors (Lipinski definition) is 4. The van der Waals surface area contributed by atoms with Gasteiger partial charge < -0.3 is 21.5 Å². The lowest BCUT2D eigenvalue weighted by Crippen LogP contribution is -2.32. The molecule has 0 unspecified atom stereocenters. The van der Waals surface area contributed by atoms with Gasteiger partial charge in [-0.05, 0) is 33.3 Å². The lowest BCUT2D eigenvalue weighted by molar-refractivity contribution is 0.0523. The molecule has 5 N–H and O–H groups in total. The first kappa shape index (κ1) is 17.5. The molecule has 0 aliphatic rings. The molecule has 0 atom stereocenters. The zero-order valence-corrected chi connectivity index (χ0v) is 13.4. The molecule has 1 aromatic rings. The molecule has 0 spiro atoms. The van der Waals surface area contributed by atoms with Gasteiger partial charge in [0.2, 0.25) is 0 Å². The number of nitrogens with zero attached hydrogens (tertiary/aromatic N) is 2. The first-order valence-electron chi connectivity index (χ1n) is 6.87. The minimum atomic E-state index is -0.513. The third kappa shape index (κ3) is 6.74. The van der Waals surface area contributed by atoms with Crippen molar-refractivity contribution < 1.29 is 9.53 Å². The maximum Gasteiger partial charge on any atom is 0.407 e. The predicted molar refractivity (Wildman–Crippen MR) is 87.5 cm³/mol. The molecule has 0 bridgehead atoms. The monoisotopic (exact) mass is 305 g/mol. The molecule has 0 heterocycles. The van der Waals surface area contributed by atoms with Crippen molar-refractivity contribution in [2.45, 2.75) is 39.8 Å². The van der Waals surface area contributed by atoms with Crippen molar-refractivity contribution in [3.8, 4) is 0 Å². The fraction of sp³-hybridized carbons (Fsp3) is 0.400. The van der Waals surface area contributed by atoms with Gasteiger partial charge in [0.25, 0.3) is 0 Å². The summed E-state index contributed by atoms with van der Waals surface area (Å²) in [6, 6.07) is 7.28. The van der Waals surface area contributed by atoms with E-state index in [-0.39, 0.29) is 5.84 Å². The molecule has 1 amide bonds. The molecule has 7 heteroatoms. The van der Waals surface area contributed by atoms with Crippen LogP contribution in [-0.4, -0.2) is 23.4 Å². The van der Waals surface area contributed by atoms with Crippen LogP contribution in [0, 0.1) is 0 Å². The molecule has 0 aliphatic heterocycles. The zero-order valence-electron chi connectivity index (χ0n) is 13.4. The number of carbonyl (C=O) groups is 1. The molecule has 0 aliphatic carbocycles. The number of carbonyl (C=O) groups excluding carboxylic acids is 1. The van der Waals surface area contributed by atoms with Crippen molar-refractivity contribution in [2.75, 3.05) is 0 Å². The summed E-state index contributed by atoms with van der Waals surface area (Å²) in [6.45, 7) is 7.44. The minimum absolute atomic E-state index is 0.274. The number of benzene rings is 1. The van der Waals surface area contributed by atoms with Crippen molar-refractivity contribution in [1.29, 1.82) is 0 Å². The molecule has 1 aromatic carbocycles. The van der Waals surface area contributed by atoms with E-state index in [1.165, 1.54) is 0 Å². The Labute approximate surface area is 130 Å². The summed E-state index contributed by atoms with van der Waals surface area (Å²) in [6.07, 6.45) is -0.453. The Hall–Kier alpha value is -2.57. The highest BCUT2D eigenvalue weighted by Crippen LogP contribution is 2.08. The van der Waals surface area contributed by atoms with Crippen LogP contribution < -0.4 is 16.8 Å². The molecule has 0 saturated carbocycles. The fourth-order valence-corrected chi connectivity index (χ4v) is 1.47. The number of amidine groups is 2. The molecule has 0 saturated heterocycles. The second-order valence-corrected chi connectivity index (χ2v) is 5.78. The van der Waals surface area contributed by atoms with Crippen LogP contribution in [-0.2, 0) is 11.3 Å². The van der Waals surface area contributed by atoms with Crippen molar-refractivity contribution >= 4 is 17.8 Å². The normalized spacial score (nSPS) is 12.9. The van der Waals surface area contributed by atoms with Gasteiger partial charge in [0.05, 0.1) is 0 Å². The summed E-state index contributed by atoms with van der Waals surface area (Å²) in [5.41, 5.74) is 12.3. The zero-order chi connectivity index (χ0) is 16.8. The Kier molecular flexibility index (Phi) is 5.91. The van der Waals surface area contributed by atoms with Crippen LogP contribution in [0.1, 0.15) is 38.8 Å². The summed E-state index contributed by atoms with van der Waals surface area (Å²) >= 11 is 0. The molecule has 22 heavy (non-hydrogen) atoms. The lowest BCUT2D eigenvalue weighted by atomic mass is 10.1. The SMILES string of the molecule is C/C(N)=N/N=C(\N)c1ccc(CNC(=O)OC(C)(C)C)cc1. The predicted octanol–water partition coefficient (Wildman–Crippen LogP) is 1.71. The van der Waals surface area contributed by atoms with E-state index in [9.17, 15) is 4.79 Å². The number of amides is 1. The van der Waals surface area contributed by atoms with Gasteiger partial charge in [0, 0.05) is 12.1 Å². The van der Waals surface area contributed by atoms with Crippen LogP contribution in [0.15, 0.2) is 34.5 Å². The molecular weight excluding hydrogens is 282 g/mol. The van der Waals surface area contributed by atoms with E-state index < -0.39 is 11.7 Å². The fourth-order valence-electron chi connectivity index (χ4n) is 1.47. The van der Waals surface area contributed by atoms with Gasteiger partial charge in [-0.15, -0.1) is 10.2 Å². The summed E-state index contributed by atoms with van der Waals surface area (Å²) in [4.78, 5) is 11.6. The van der Waals surface area contributed by atoms with Gasteiger partial charge in [-0.2, -0.15) is 0 Å². The van der Waals surface area contributed by atoms with Crippen molar-refractivity contribution in [2.24, 2.45) is 21.7 Å². The van der Waals surface area contributed by atoms with Crippen LogP contribution in [0.25, 0.3) is 0 Å². The maximum absolute atomic E-state index is 11.6. The van der Waals surface area contributed by atoms with E-state index >= 15 is 0 Å². The van der Waals surface area contributed by atoms with Gasteiger partial charge >= 0.3 is 6.09 Å². The number of ether oxygens (including phenoxy) is 1. The van der Waals surface area contributed by atoms with Gasteiger partial charge in [-0.1, -0.05) is 24.3 Å². The molecule has 1 rings (SSSR count). The molecule has 7 nitrogen and oxygen atoms in total. The first-order valence-corrected chi connectivity index (χ1v) is 6.87. The highest BCUT2D eigenvalue weighted by atomic mass is 16.6. The third-order valence-electron chi connectivity index (χ3n) is 2.40. The Morgan fingerprint density at radius 3 is 2.27 bits per heavy atom. The molecule has 0 fully saturated rings. The average Bonchev–Trinajstić information content (AvgIpc) is 2.41. The summed E-state index contributed by atoms with van der Waals surface area (Å²) in [7, 11) is 0. The van der Waals surface area contributed by atoms with Crippen molar-refractivity contribution in [3.05, 3.63) is 35.4 Å². The van der Waals surface area contributed by atoms with E-state index in [4.69, 9.17) is 16.2 Å². The summed E-state index contributed by atoms with van der Waals surface area (Å²) in [5.74, 6) is 0.609. The minimum Gasteiger partial charge on any atom is -0.444 e. The van der Waals surface area contributed by atoms with Gasteiger partial charge in [-0.3, -0.25) is 0 Å². The highest BCUT2D eigenvalue weighted by Gasteiger charge is 2.15. The maximum atomic E-state index is 11.6. The Bertz CT molecular complexity index is 567. The number of hydrogen-bond donors (Lipinski definition) is 3. The third-order valence-corrected chi connectivity index (χ3v) is 2.40. The van der Waals surface area contributed by atoms with E-state index in [2.05, 4.69) is 15.5 Å². The van der Waals surface area contributed by atoms with Crippen LogP contribution in [0.4, 0.5) is 4.79 Å². The van der Waals surface area contributed by atoms with Gasteiger partial charge in [-0.25, -0.2) is 4.79 Å². The first-order chi connectivity index (χ1) is 10.2. The van der Waals surface area contributed by atoms with Gasteiger partial charge in [0.1, 0.15) is 11.4 Å². The molecule has 0 radical (unpaired) electrons. The summed E-state index contributed by atoms with van der Waals surface area (Å²) in [5, 5.41) is 10.2. The standard InChI is InChI=1S/C15H23N5O2/c1-10(16)19-20-13(17)12-7-5-11(6-8-12)9-18-14(21)22-15(2,3)4/h5-8H,9H2,1-4H3,(H2,16,19)(H2,17,20)(H,18,21). The van der Waals surface area contributed by atoms with E-state index in [0.29, 0.717) is 12.4 Å². The van der Waals surface area contributed by atoms with Crippen LogP contribution >= 0.6 is 0 Å². The van der Waals surface area contributed by atoms with E-state index in [0.717, 1.165) is 11.1 Å². The molecule has 120 valence electrons. The molecular formula is C15H23N5O2. The summed E-state index contributed by atoms with van der Waals surface area (Å²) < 4.78 is 5.16.